The molecule has 0 saturated carbocycles. The molecule has 0 spiro atoms. The van der Waals surface area contributed by atoms with E-state index in [-0.39, 0.29) is 5.92 Å². The summed E-state index contributed by atoms with van der Waals surface area (Å²) in [6, 6.07) is 1.80. The number of nitrogens with zero attached hydrogens (tertiary/aromatic N) is 1. The summed E-state index contributed by atoms with van der Waals surface area (Å²) < 4.78 is 0. The van der Waals surface area contributed by atoms with Crippen LogP contribution in [0.4, 0.5) is 0 Å². The van der Waals surface area contributed by atoms with E-state index >= 15 is 0 Å². The molecule has 3 aliphatic rings. The summed E-state index contributed by atoms with van der Waals surface area (Å²) >= 11 is 0. The van der Waals surface area contributed by atoms with Crippen molar-refractivity contribution in [2.75, 3.05) is 7.05 Å². The Morgan fingerprint density at radius 2 is 1.76 bits per heavy atom. The van der Waals surface area contributed by atoms with Gasteiger partial charge < -0.3 is 10.2 Å². The minimum absolute atomic E-state index is 0.229. The third-order valence-corrected chi connectivity index (χ3v) is 4.70. The molecule has 2 aliphatic heterocycles. The number of hydrogen-bond acceptors (Lipinski definition) is 2. The summed E-state index contributed by atoms with van der Waals surface area (Å²) in [4.78, 5) is 14.4. The molecule has 3 heteroatoms. The molecular weight excluding hydrogens is 212 g/mol. The topological polar surface area (TPSA) is 32.3 Å². The highest BCUT2D eigenvalue weighted by Gasteiger charge is 2.37. The maximum Gasteiger partial charge on any atom is 0.226 e. The lowest BCUT2D eigenvalue weighted by atomic mass is 9.96. The summed E-state index contributed by atoms with van der Waals surface area (Å²) in [6.07, 6.45) is 11.1. The summed E-state index contributed by atoms with van der Waals surface area (Å²) in [7, 11) is 2.01. The molecule has 1 aliphatic carbocycles. The van der Waals surface area contributed by atoms with Crippen LogP contribution in [-0.2, 0) is 4.79 Å². The van der Waals surface area contributed by atoms with Crippen LogP contribution in [-0.4, -0.2) is 36.0 Å². The molecule has 0 aromatic rings. The number of allylic oxidation sites excluding steroid dienone is 2. The summed E-state index contributed by atoms with van der Waals surface area (Å²) in [5.41, 5.74) is 0. The molecule has 2 saturated heterocycles. The van der Waals surface area contributed by atoms with Crippen molar-refractivity contribution in [2.45, 2.75) is 56.7 Å². The van der Waals surface area contributed by atoms with Crippen molar-refractivity contribution in [1.82, 2.24) is 10.2 Å². The fourth-order valence-corrected chi connectivity index (χ4v) is 3.63. The van der Waals surface area contributed by atoms with Gasteiger partial charge in [0.25, 0.3) is 0 Å². The Hall–Kier alpha value is -0.830. The van der Waals surface area contributed by atoms with Crippen LogP contribution in [0.3, 0.4) is 0 Å². The summed E-state index contributed by atoms with van der Waals surface area (Å²) in [6.45, 7) is 0. The fourth-order valence-electron chi connectivity index (χ4n) is 3.63. The molecule has 0 aromatic carbocycles. The lowest BCUT2D eigenvalue weighted by Crippen LogP contribution is -2.49. The van der Waals surface area contributed by atoms with Crippen LogP contribution in [0.2, 0.25) is 0 Å². The van der Waals surface area contributed by atoms with Crippen molar-refractivity contribution >= 4 is 5.91 Å². The monoisotopic (exact) mass is 234 g/mol. The van der Waals surface area contributed by atoms with E-state index in [4.69, 9.17) is 0 Å². The van der Waals surface area contributed by atoms with E-state index < -0.39 is 0 Å². The maximum atomic E-state index is 12.3. The number of rotatable bonds is 2. The van der Waals surface area contributed by atoms with Crippen LogP contribution in [0.25, 0.3) is 0 Å². The van der Waals surface area contributed by atoms with Gasteiger partial charge in [0.2, 0.25) is 5.91 Å². The van der Waals surface area contributed by atoms with E-state index in [1.54, 1.807) is 0 Å². The van der Waals surface area contributed by atoms with Gasteiger partial charge in [-0.15, -0.1) is 0 Å². The summed E-state index contributed by atoms with van der Waals surface area (Å²) in [5, 5.41) is 3.63. The highest BCUT2D eigenvalue weighted by atomic mass is 16.2. The molecule has 2 fully saturated rings. The predicted molar refractivity (Wildman–Crippen MR) is 67.6 cm³/mol. The molecule has 3 nitrogen and oxygen atoms in total. The number of carbonyl (C=O) groups excluding carboxylic acids is 1. The van der Waals surface area contributed by atoms with Crippen molar-refractivity contribution < 1.29 is 4.79 Å². The van der Waals surface area contributed by atoms with Crippen molar-refractivity contribution in [2.24, 2.45) is 5.92 Å². The number of nitrogens with one attached hydrogen (secondary N) is 1. The predicted octanol–water partition coefficient (Wildman–Crippen LogP) is 1.69. The van der Waals surface area contributed by atoms with E-state index in [1.165, 1.54) is 12.8 Å². The average Bonchev–Trinajstić information content (AvgIpc) is 2.97. The van der Waals surface area contributed by atoms with Crippen LogP contribution in [0, 0.1) is 5.92 Å². The van der Waals surface area contributed by atoms with Crippen molar-refractivity contribution in [3.05, 3.63) is 12.2 Å². The number of hydrogen-bond donors (Lipinski definition) is 1. The quantitative estimate of drug-likeness (QED) is 0.738. The molecule has 0 aromatic heterocycles. The largest absolute Gasteiger partial charge is 0.342 e. The second-order valence-electron chi connectivity index (χ2n) is 5.85. The van der Waals surface area contributed by atoms with Crippen molar-refractivity contribution in [3.8, 4) is 0 Å². The van der Waals surface area contributed by atoms with Crippen LogP contribution < -0.4 is 5.32 Å². The van der Waals surface area contributed by atoms with E-state index in [9.17, 15) is 4.79 Å². The van der Waals surface area contributed by atoms with Crippen molar-refractivity contribution in [1.29, 1.82) is 0 Å². The molecule has 3 rings (SSSR count). The van der Waals surface area contributed by atoms with Crippen molar-refractivity contribution in [3.63, 3.8) is 0 Å². The van der Waals surface area contributed by atoms with Gasteiger partial charge in [-0.2, -0.15) is 0 Å². The Morgan fingerprint density at radius 3 is 2.35 bits per heavy atom. The number of carbonyl (C=O) groups is 1. The minimum Gasteiger partial charge on any atom is -0.342 e. The summed E-state index contributed by atoms with van der Waals surface area (Å²) in [5.74, 6) is 0.592. The first-order valence-corrected chi connectivity index (χ1v) is 6.91. The van der Waals surface area contributed by atoms with Gasteiger partial charge in [0, 0.05) is 31.1 Å². The maximum absolute atomic E-state index is 12.3. The smallest absolute Gasteiger partial charge is 0.226 e. The fraction of sp³-hybridized carbons (Fsp3) is 0.786. The van der Waals surface area contributed by atoms with Crippen LogP contribution in [0.1, 0.15) is 38.5 Å². The van der Waals surface area contributed by atoms with Gasteiger partial charge >= 0.3 is 0 Å². The molecular formula is C14H22N2O. The van der Waals surface area contributed by atoms with Gasteiger partial charge in [0.15, 0.2) is 0 Å². The van der Waals surface area contributed by atoms with E-state index in [0.717, 1.165) is 25.7 Å². The van der Waals surface area contributed by atoms with Gasteiger partial charge in [0.05, 0.1) is 0 Å². The Balaban J connectivity index is 1.61. The Bertz CT molecular complexity index is 319. The van der Waals surface area contributed by atoms with E-state index in [1.807, 2.05) is 11.9 Å². The molecule has 0 radical (unpaired) electrons. The normalized spacial score (nSPS) is 36.4. The highest BCUT2D eigenvalue weighted by Crippen LogP contribution is 2.31. The van der Waals surface area contributed by atoms with Crippen LogP contribution in [0.5, 0.6) is 0 Å². The number of fused-ring (bicyclic) bond motifs is 2. The molecule has 2 unspecified atom stereocenters. The third kappa shape index (κ3) is 2.13. The molecule has 2 atom stereocenters. The molecule has 2 heterocycles. The molecule has 2 bridgehead atoms. The zero-order chi connectivity index (χ0) is 11.8. The highest BCUT2D eigenvalue weighted by molar-refractivity contribution is 5.79. The SMILES string of the molecule is CN(C(=O)C1CC=CC1)C1CC2CCC(C1)N2. The number of piperidine rings is 1. The zero-order valence-corrected chi connectivity index (χ0v) is 10.6. The Morgan fingerprint density at radius 1 is 1.18 bits per heavy atom. The second-order valence-corrected chi connectivity index (χ2v) is 5.85. The molecule has 17 heavy (non-hydrogen) atoms. The van der Waals surface area contributed by atoms with E-state index in [2.05, 4.69) is 17.5 Å². The molecule has 1 amide bonds. The third-order valence-electron chi connectivity index (χ3n) is 4.70. The van der Waals surface area contributed by atoms with Crippen LogP contribution >= 0.6 is 0 Å². The van der Waals surface area contributed by atoms with Gasteiger partial charge in [-0.1, -0.05) is 12.2 Å². The Kier molecular flexibility index (Phi) is 2.95. The molecule has 94 valence electrons. The average molecular weight is 234 g/mol. The van der Waals surface area contributed by atoms with Gasteiger partial charge in [-0.25, -0.2) is 0 Å². The lowest BCUT2D eigenvalue weighted by molar-refractivity contribution is -0.136. The first-order valence-electron chi connectivity index (χ1n) is 6.91. The van der Waals surface area contributed by atoms with Gasteiger partial charge in [-0.05, 0) is 38.5 Å². The zero-order valence-electron chi connectivity index (χ0n) is 10.6. The molecule has 1 N–H and O–H groups in total. The van der Waals surface area contributed by atoms with Gasteiger partial charge in [0.1, 0.15) is 0 Å². The van der Waals surface area contributed by atoms with Crippen LogP contribution in [0.15, 0.2) is 12.2 Å². The second kappa shape index (κ2) is 4.45. The first kappa shape index (κ1) is 11.3. The lowest BCUT2D eigenvalue weighted by Gasteiger charge is -2.36. The van der Waals surface area contributed by atoms with E-state index in [0.29, 0.717) is 24.0 Å². The standard InChI is InChI=1S/C14H22N2O/c1-16(14(17)10-4-2-3-5-10)13-8-11-6-7-12(9-13)15-11/h2-3,10-13,15H,4-9H2,1H3. The Labute approximate surface area is 103 Å². The first-order chi connectivity index (χ1) is 8.24. The van der Waals surface area contributed by atoms with Gasteiger partial charge in [-0.3, -0.25) is 4.79 Å². The minimum atomic E-state index is 0.229. The number of amides is 1.